The van der Waals surface area contributed by atoms with Crippen LogP contribution >= 0.6 is 11.6 Å². The molecule has 2 aromatic rings. The number of hydrogen-bond acceptors (Lipinski definition) is 5. The molecule has 2 unspecified atom stereocenters. The standard InChI is InChI=1S/C20H19ClN2O4/c1-13(27-15-9-7-14(12-22)8-10-15)20(25)23-18(11-19(24)26-2)16-5-3-4-6-17(16)21/h3-10,13,18H,11H2,1-2H3,(H,23,25). The molecule has 0 saturated heterocycles. The largest absolute Gasteiger partial charge is 0.481 e. The summed E-state index contributed by atoms with van der Waals surface area (Å²) >= 11 is 6.21. The number of methoxy groups -OCH3 is 1. The van der Waals surface area contributed by atoms with Gasteiger partial charge in [0.2, 0.25) is 0 Å². The van der Waals surface area contributed by atoms with Crippen molar-refractivity contribution in [3.8, 4) is 11.8 Å². The molecule has 27 heavy (non-hydrogen) atoms. The molecule has 2 aromatic carbocycles. The van der Waals surface area contributed by atoms with E-state index in [2.05, 4.69) is 5.32 Å². The van der Waals surface area contributed by atoms with Gasteiger partial charge in [-0.1, -0.05) is 29.8 Å². The van der Waals surface area contributed by atoms with Crippen molar-refractivity contribution in [2.45, 2.75) is 25.5 Å². The Morgan fingerprint density at radius 1 is 1.19 bits per heavy atom. The highest BCUT2D eigenvalue weighted by molar-refractivity contribution is 6.31. The summed E-state index contributed by atoms with van der Waals surface area (Å²) in [7, 11) is 1.28. The van der Waals surface area contributed by atoms with E-state index in [0.29, 0.717) is 21.9 Å². The van der Waals surface area contributed by atoms with Gasteiger partial charge in [0, 0.05) is 5.02 Å². The Morgan fingerprint density at radius 2 is 1.85 bits per heavy atom. The second kappa shape index (κ2) is 9.60. The van der Waals surface area contributed by atoms with Gasteiger partial charge in [-0.2, -0.15) is 5.26 Å². The Bertz CT molecular complexity index is 846. The number of ether oxygens (including phenoxy) is 2. The molecule has 0 aliphatic rings. The monoisotopic (exact) mass is 386 g/mol. The molecule has 1 amide bonds. The number of nitrogens with one attached hydrogen (secondary N) is 1. The normalized spacial score (nSPS) is 12.4. The van der Waals surface area contributed by atoms with Gasteiger partial charge < -0.3 is 14.8 Å². The van der Waals surface area contributed by atoms with E-state index in [4.69, 9.17) is 26.3 Å². The number of halogens is 1. The number of carbonyl (C=O) groups excluding carboxylic acids is 2. The maximum atomic E-state index is 12.6. The summed E-state index contributed by atoms with van der Waals surface area (Å²) in [5, 5.41) is 12.0. The molecule has 6 nitrogen and oxygen atoms in total. The van der Waals surface area contributed by atoms with Crippen molar-refractivity contribution in [3.05, 3.63) is 64.7 Å². The van der Waals surface area contributed by atoms with E-state index in [-0.39, 0.29) is 6.42 Å². The lowest BCUT2D eigenvalue weighted by atomic mass is 10.0. The zero-order valence-electron chi connectivity index (χ0n) is 14.9. The van der Waals surface area contributed by atoms with Crippen LogP contribution in [0.4, 0.5) is 0 Å². The number of hydrogen-bond donors (Lipinski definition) is 1. The summed E-state index contributed by atoms with van der Waals surface area (Å²) in [6, 6.07) is 14.8. The maximum Gasteiger partial charge on any atom is 0.307 e. The van der Waals surface area contributed by atoms with Crippen LogP contribution in [0.15, 0.2) is 48.5 Å². The van der Waals surface area contributed by atoms with Crippen LogP contribution in [0.25, 0.3) is 0 Å². The van der Waals surface area contributed by atoms with Gasteiger partial charge in [0.05, 0.1) is 31.2 Å². The van der Waals surface area contributed by atoms with E-state index in [1.54, 1.807) is 55.5 Å². The quantitative estimate of drug-likeness (QED) is 0.737. The van der Waals surface area contributed by atoms with E-state index >= 15 is 0 Å². The SMILES string of the molecule is COC(=O)CC(NC(=O)C(C)Oc1ccc(C#N)cc1)c1ccccc1Cl. The number of nitriles is 1. The van der Waals surface area contributed by atoms with E-state index in [1.165, 1.54) is 7.11 Å². The Hall–Kier alpha value is -3.04. The smallest absolute Gasteiger partial charge is 0.307 e. The third kappa shape index (κ3) is 5.73. The minimum Gasteiger partial charge on any atom is -0.481 e. The van der Waals surface area contributed by atoms with Crippen molar-refractivity contribution in [1.82, 2.24) is 5.32 Å². The number of benzene rings is 2. The van der Waals surface area contributed by atoms with Crippen LogP contribution in [0.5, 0.6) is 5.75 Å². The highest BCUT2D eigenvalue weighted by Crippen LogP contribution is 2.25. The predicted octanol–water partition coefficient (Wildman–Crippen LogP) is 3.40. The average Bonchev–Trinajstić information content (AvgIpc) is 2.68. The van der Waals surface area contributed by atoms with Crippen molar-refractivity contribution < 1.29 is 19.1 Å². The van der Waals surface area contributed by atoms with Crippen LogP contribution < -0.4 is 10.1 Å². The molecule has 2 atom stereocenters. The predicted molar refractivity (Wildman–Crippen MR) is 100 cm³/mol. The fraction of sp³-hybridized carbons (Fsp3) is 0.250. The van der Waals surface area contributed by atoms with Gasteiger partial charge in [-0.25, -0.2) is 0 Å². The van der Waals surface area contributed by atoms with Crippen LogP contribution in [0.3, 0.4) is 0 Å². The zero-order chi connectivity index (χ0) is 19.8. The minimum atomic E-state index is -0.819. The Balaban J connectivity index is 2.10. The van der Waals surface area contributed by atoms with E-state index in [9.17, 15) is 9.59 Å². The lowest BCUT2D eigenvalue weighted by Gasteiger charge is -2.22. The molecular weight excluding hydrogens is 368 g/mol. The van der Waals surface area contributed by atoms with E-state index in [0.717, 1.165) is 0 Å². The number of carbonyl (C=O) groups is 2. The van der Waals surface area contributed by atoms with Gasteiger partial charge in [-0.05, 0) is 42.8 Å². The zero-order valence-corrected chi connectivity index (χ0v) is 15.7. The van der Waals surface area contributed by atoms with Crippen molar-refractivity contribution in [3.63, 3.8) is 0 Å². The summed E-state index contributed by atoms with van der Waals surface area (Å²) in [6.45, 7) is 1.59. The van der Waals surface area contributed by atoms with Gasteiger partial charge in [0.1, 0.15) is 5.75 Å². The second-order valence-corrected chi connectivity index (χ2v) is 6.17. The molecule has 0 spiro atoms. The fourth-order valence-electron chi connectivity index (χ4n) is 2.40. The van der Waals surface area contributed by atoms with Crippen molar-refractivity contribution in [2.24, 2.45) is 0 Å². The van der Waals surface area contributed by atoms with Crippen LogP contribution in [-0.4, -0.2) is 25.1 Å². The van der Waals surface area contributed by atoms with Gasteiger partial charge in [-0.3, -0.25) is 9.59 Å². The molecule has 7 heteroatoms. The van der Waals surface area contributed by atoms with Crippen LogP contribution in [0, 0.1) is 11.3 Å². The van der Waals surface area contributed by atoms with Crippen LogP contribution in [-0.2, 0) is 14.3 Å². The highest BCUT2D eigenvalue weighted by atomic mass is 35.5. The Kier molecular flexibility index (Phi) is 7.21. The minimum absolute atomic E-state index is 0.0600. The topological polar surface area (TPSA) is 88.4 Å². The number of rotatable bonds is 7. The van der Waals surface area contributed by atoms with E-state index < -0.39 is 24.0 Å². The van der Waals surface area contributed by atoms with Gasteiger partial charge in [0.15, 0.2) is 6.10 Å². The van der Waals surface area contributed by atoms with Crippen molar-refractivity contribution in [2.75, 3.05) is 7.11 Å². The van der Waals surface area contributed by atoms with Crippen molar-refractivity contribution >= 4 is 23.5 Å². The lowest BCUT2D eigenvalue weighted by molar-refractivity contribution is -0.141. The summed E-state index contributed by atoms with van der Waals surface area (Å²) in [5.41, 5.74) is 1.11. The first kappa shape index (κ1) is 20.3. The Morgan fingerprint density at radius 3 is 2.44 bits per heavy atom. The first-order valence-electron chi connectivity index (χ1n) is 8.23. The molecular formula is C20H19ClN2O4. The van der Waals surface area contributed by atoms with Gasteiger partial charge in [-0.15, -0.1) is 0 Å². The fourth-order valence-corrected chi connectivity index (χ4v) is 2.67. The molecule has 0 aliphatic carbocycles. The number of esters is 1. The first-order valence-corrected chi connectivity index (χ1v) is 8.60. The van der Waals surface area contributed by atoms with Gasteiger partial charge >= 0.3 is 5.97 Å². The molecule has 0 aromatic heterocycles. The average molecular weight is 387 g/mol. The third-order valence-corrected chi connectivity index (χ3v) is 4.21. The molecule has 0 fully saturated rings. The first-order chi connectivity index (χ1) is 12.9. The molecule has 0 aliphatic heterocycles. The molecule has 0 saturated carbocycles. The summed E-state index contributed by atoms with van der Waals surface area (Å²) in [5.74, 6) is -0.423. The summed E-state index contributed by atoms with van der Waals surface area (Å²) in [6.07, 6.45) is -0.879. The molecule has 1 N–H and O–H groups in total. The molecule has 0 radical (unpaired) electrons. The molecule has 2 rings (SSSR count). The van der Waals surface area contributed by atoms with Gasteiger partial charge in [0.25, 0.3) is 5.91 Å². The highest BCUT2D eigenvalue weighted by Gasteiger charge is 2.24. The molecule has 0 bridgehead atoms. The lowest BCUT2D eigenvalue weighted by Crippen LogP contribution is -2.39. The van der Waals surface area contributed by atoms with Crippen LogP contribution in [0.2, 0.25) is 5.02 Å². The van der Waals surface area contributed by atoms with Crippen LogP contribution in [0.1, 0.15) is 30.5 Å². The van der Waals surface area contributed by atoms with Crippen molar-refractivity contribution in [1.29, 1.82) is 5.26 Å². The molecule has 140 valence electrons. The third-order valence-electron chi connectivity index (χ3n) is 3.86. The summed E-state index contributed by atoms with van der Waals surface area (Å²) < 4.78 is 10.3. The van der Waals surface area contributed by atoms with E-state index in [1.807, 2.05) is 6.07 Å². The summed E-state index contributed by atoms with van der Waals surface area (Å²) in [4.78, 5) is 24.3. The Labute approximate surface area is 162 Å². The maximum absolute atomic E-state index is 12.6. The number of nitrogens with zero attached hydrogens (tertiary/aromatic N) is 1. The molecule has 0 heterocycles. The number of amides is 1. The second-order valence-electron chi connectivity index (χ2n) is 5.76.